The zero-order valence-electron chi connectivity index (χ0n) is 10.6. The van der Waals surface area contributed by atoms with E-state index >= 15 is 0 Å². The maximum absolute atomic E-state index is 12.2. The van der Waals surface area contributed by atoms with Crippen LogP contribution < -0.4 is 10.5 Å². The minimum atomic E-state index is -3.41. The van der Waals surface area contributed by atoms with Crippen LogP contribution >= 0.6 is 0 Å². The van der Waals surface area contributed by atoms with Crippen molar-refractivity contribution >= 4 is 15.7 Å². The van der Waals surface area contributed by atoms with Gasteiger partial charge < -0.3 is 5.73 Å². The Balaban J connectivity index is 2.09. The number of nitrogens with two attached hydrogens (primary N) is 1. The van der Waals surface area contributed by atoms with Gasteiger partial charge in [0.25, 0.3) is 0 Å². The second-order valence-corrected chi connectivity index (χ2v) is 6.87. The Morgan fingerprint density at radius 2 is 1.89 bits per heavy atom. The lowest BCUT2D eigenvalue weighted by atomic mass is 9.88. The molecule has 0 unspecified atom stereocenters. The number of hydrogen-bond acceptors (Lipinski definition) is 3. The Morgan fingerprint density at radius 3 is 2.50 bits per heavy atom. The van der Waals surface area contributed by atoms with Crippen molar-refractivity contribution in [1.29, 1.82) is 0 Å². The van der Waals surface area contributed by atoms with Gasteiger partial charge in [0, 0.05) is 11.7 Å². The smallest absolute Gasteiger partial charge is 0.240 e. The molecule has 0 aliphatic heterocycles. The van der Waals surface area contributed by atoms with Crippen molar-refractivity contribution in [3.8, 4) is 0 Å². The van der Waals surface area contributed by atoms with Crippen LogP contribution in [0.25, 0.3) is 0 Å². The van der Waals surface area contributed by atoms with Crippen LogP contribution in [0.2, 0.25) is 0 Å². The van der Waals surface area contributed by atoms with Gasteiger partial charge in [0.1, 0.15) is 0 Å². The molecule has 18 heavy (non-hydrogen) atoms. The van der Waals surface area contributed by atoms with Gasteiger partial charge in [0.2, 0.25) is 10.0 Å². The van der Waals surface area contributed by atoms with Crippen LogP contribution in [-0.4, -0.2) is 14.5 Å². The normalized spacial score (nSPS) is 24.9. The number of benzene rings is 1. The summed E-state index contributed by atoms with van der Waals surface area (Å²) in [5.41, 5.74) is 6.13. The topological polar surface area (TPSA) is 72.2 Å². The number of hydrogen-bond donors (Lipinski definition) is 2. The zero-order chi connectivity index (χ0) is 13.2. The number of anilines is 1. The van der Waals surface area contributed by atoms with Crippen LogP contribution in [0, 0.1) is 5.92 Å². The average Bonchev–Trinajstić information content (AvgIpc) is 2.29. The number of nitrogen functional groups attached to an aromatic ring is 1. The highest BCUT2D eigenvalue weighted by atomic mass is 32.2. The molecule has 0 amide bonds. The Hall–Kier alpha value is -1.07. The summed E-state index contributed by atoms with van der Waals surface area (Å²) in [6.45, 7) is 2.17. The lowest BCUT2D eigenvalue weighted by molar-refractivity contribution is 0.327. The molecule has 0 heterocycles. The van der Waals surface area contributed by atoms with Crippen LogP contribution in [0.15, 0.2) is 29.2 Å². The Bertz CT molecular complexity index is 496. The second kappa shape index (κ2) is 5.28. The Kier molecular flexibility index (Phi) is 3.92. The summed E-state index contributed by atoms with van der Waals surface area (Å²) in [6.07, 6.45) is 4.14. The number of rotatable bonds is 3. The van der Waals surface area contributed by atoms with Crippen molar-refractivity contribution in [1.82, 2.24) is 4.72 Å². The molecular formula is C13H20N2O2S. The minimum absolute atomic E-state index is 0.0660. The highest BCUT2D eigenvalue weighted by Gasteiger charge is 2.24. The Morgan fingerprint density at radius 1 is 1.22 bits per heavy atom. The molecule has 4 nitrogen and oxygen atoms in total. The SMILES string of the molecule is C[C@H]1CCC[C@@H](NS(=O)(=O)c2ccc(N)cc2)C1. The van der Waals surface area contributed by atoms with E-state index in [1.807, 2.05) is 0 Å². The molecule has 1 aromatic rings. The van der Waals surface area contributed by atoms with Crippen molar-refractivity contribution in [2.75, 3.05) is 5.73 Å². The molecule has 1 aliphatic rings. The summed E-state index contributed by atoms with van der Waals surface area (Å²) in [7, 11) is -3.41. The minimum Gasteiger partial charge on any atom is -0.399 e. The summed E-state index contributed by atoms with van der Waals surface area (Å²) in [6, 6.07) is 6.38. The monoisotopic (exact) mass is 268 g/mol. The summed E-state index contributed by atoms with van der Waals surface area (Å²) < 4.78 is 27.1. The predicted molar refractivity (Wildman–Crippen MR) is 72.6 cm³/mol. The number of nitrogens with one attached hydrogen (secondary N) is 1. The first kappa shape index (κ1) is 13.4. The second-order valence-electron chi connectivity index (χ2n) is 5.16. The third kappa shape index (κ3) is 3.23. The molecule has 0 aromatic heterocycles. The molecule has 0 bridgehead atoms. The largest absolute Gasteiger partial charge is 0.399 e. The van der Waals surface area contributed by atoms with Crippen LogP contribution in [0.3, 0.4) is 0 Å². The molecule has 2 atom stereocenters. The van der Waals surface area contributed by atoms with E-state index in [4.69, 9.17) is 5.73 Å². The fourth-order valence-corrected chi connectivity index (χ4v) is 3.76. The molecule has 0 spiro atoms. The van der Waals surface area contributed by atoms with Gasteiger partial charge in [-0.1, -0.05) is 19.8 Å². The molecule has 2 rings (SSSR count). The van der Waals surface area contributed by atoms with Gasteiger partial charge in [-0.3, -0.25) is 0 Å². The van der Waals surface area contributed by atoms with E-state index in [-0.39, 0.29) is 10.9 Å². The van der Waals surface area contributed by atoms with E-state index in [1.54, 1.807) is 24.3 Å². The lowest BCUT2D eigenvalue weighted by Gasteiger charge is -2.27. The maximum Gasteiger partial charge on any atom is 0.240 e. The van der Waals surface area contributed by atoms with Gasteiger partial charge in [0.15, 0.2) is 0 Å². The quantitative estimate of drug-likeness (QED) is 0.825. The molecule has 1 aliphatic carbocycles. The van der Waals surface area contributed by atoms with Crippen molar-refractivity contribution < 1.29 is 8.42 Å². The van der Waals surface area contributed by atoms with Gasteiger partial charge in [0.05, 0.1) is 4.90 Å². The highest BCUT2D eigenvalue weighted by Crippen LogP contribution is 2.25. The van der Waals surface area contributed by atoms with E-state index in [0.717, 1.165) is 19.3 Å². The Labute approximate surface area is 109 Å². The van der Waals surface area contributed by atoms with E-state index in [9.17, 15) is 8.42 Å². The first-order valence-corrected chi connectivity index (χ1v) is 7.83. The third-order valence-corrected chi connectivity index (χ3v) is 4.99. The molecule has 1 saturated carbocycles. The lowest BCUT2D eigenvalue weighted by Crippen LogP contribution is -2.37. The predicted octanol–water partition coefficient (Wildman–Crippen LogP) is 2.13. The third-order valence-electron chi connectivity index (χ3n) is 3.45. The van der Waals surface area contributed by atoms with E-state index in [1.165, 1.54) is 6.42 Å². The molecule has 100 valence electrons. The van der Waals surface area contributed by atoms with Crippen molar-refractivity contribution in [2.24, 2.45) is 5.92 Å². The highest BCUT2D eigenvalue weighted by molar-refractivity contribution is 7.89. The van der Waals surface area contributed by atoms with Crippen LogP contribution in [-0.2, 0) is 10.0 Å². The van der Waals surface area contributed by atoms with Crippen molar-refractivity contribution in [3.05, 3.63) is 24.3 Å². The summed E-state index contributed by atoms with van der Waals surface area (Å²) in [5, 5.41) is 0. The van der Waals surface area contributed by atoms with Gasteiger partial charge in [-0.25, -0.2) is 13.1 Å². The molecule has 0 saturated heterocycles. The van der Waals surface area contributed by atoms with Crippen LogP contribution in [0.1, 0.15) is 32.6 Å². The van der Waals surface area contributed by atoms with Gasteiger partial charge in [-0.2, -0.15) is 0 Å². The molecular weight excluding hydrogens is 248 g/mol. The summed E-state index contributed by atoms with van der Waals surface area (Å²) in [5.74, 6) is 0.595. The van der Waals surface area contributed by atoms with Crippen LogP contribution in [0.5, 0.6) is 0 Å². The van der Waals surface area contributed by atoms with E-state index in [2.05, 4.69) is 11.6 Å². The molecule has 1 fully saturated rings. The molecule has 5 heteroatoms. The van der Waals surface area contributed by atoms with Crippen molar-refractivity contribution in [3.63, 3.8) is 0 Å². The van der Waals surface area contributed by atoms with E-state index in [0.29, 0.717) is 11.6 Å². The van der Waals surface area contributed by atoms with Gasteiger partial charge >= 0.3 is 0 Å². The molecule has 1 aromatic carbocycles. The first-order chi connectivity index (χ1) is 8.47. The van der Waals surface area contributed by atoms with Crippen molar-refractivity contribution in [2.45, 2.75) is 43.5 Å². The van der Waals surface area contributed by atoms with Gasteiger partial charge in [-0.05, 0) is 43.0 Å². The molecule has 0 radical (unpaired) electrons. The van der Waals surface area contributed by atoms with Crippen LogP contribution in [0.4, 0.5) is 5.69 Å². The summed E-state index contributed by atoms with van der Waals surface area (Å²) >= 11 is 0. The summed E-state index contributed by atoms with van der Waals surface area (Å²) in [4.78, 5) is 0.287. The standard InChI is InChI=1S/C13H20N2O2S/c1-10-3-2-4-12(9-10)15-18(16,17)13-7-5-11(14)6-8-13/h5-8,10,12,15H,2-4,9,14H2,1H3/t10-,12+/m0/s1. The first-order valence-electron chi connectivity index (χ1n) is 6.35. The average molecular weight is 268 g/mol. The fourth-order valence-electron chi connectivity index (χ4n) is 2.48. The molecule has 3 N–H and O–H groups in total. The maximum atomic E-state index is 12.2. The van der Waals surface area contributed by atoms with Gasteiger partial charge in [-0.15, -0.1) is 0 Å². The number of sulfonamides is 1. The zero-order valence-corrected chi connectivity index (χ0v) is 11.4. The van der Waals surface area contributed by atoms with E-state index < -0.39 is 10.0 Å². The fraction of sp³-hybridized carbons (Fsp3) is 0.538.